The molecule has 40 heavy (non-hydrogen) atoms. The number of fused-ring (bicyclic) bond motifs is 1. The predicted octanol–water partition coefficient (Wildman–Crippen LogP) is 3.24. The molecular weight excluding hydrogens is 530 g/mol. The number of nitrogens with one attached hydrogen (secondary N) is 2. The number of hydrogen-bond acceptors (Lipinski definition) is 7. The Hall–Kier alpha value is -3.60. The Morgan fingerprint density at radius 2 is 1.77 bits per heavy atom. The van der Waals surface area contributed by atoms with Gasteiger partial charge in [0.2, 0.25) is 15.9 Å². The Labute approximate surface area is 235 Å². The van der Waals surface area contributed by atoms with E-state index in [1.807, 2.05) is 49.1 Å². The molecule has 3 aromatic rings. The van der Waals surface area contributed by atoms with Crippen molar-refractivity contribution in [3.63, 3.8) is 0 Å². The first-order valence-corrected chi connectivity index (χ1v) is 15.1. The number of aliphatic hydroxyl groups is 1. The molecule has 10 heteroatoms. The molecule has 0 unspecified atom stereocenters. The van der Waals surface area contributed by atoms with Gasteiger partial charge in [-0.05, 0) is 78.8 Å². The van der Waals surface area contributed by atoms with Crippen LogP contribution in [0.15, 0.2) is 60.7 Å². The molecule has 0 bridgehead atoms. The van der Waals surface area contributed by atoms with E-state index in [9.17, 15) is 28.5 Å². The zero-order valence-electron chi connectivity index (χ0n) is 23.0. The Kier molecular flexibility index (Phi) is 8.72. The molecule has 0 fully saturated rings. The van der Waals surface area contributed by atoms with Crippen molar-refractivity contribution in [3.8, 4) is 11.5 Å². The van der Waals surface area contributed by atoms with E-state index in [0.29, 0.717) is 31.5 Å². The second-order valence-corrected chi connectivity index (χ2v) is 12.9. The Bertz CT molecular complexity index is 1490. The topological polar surface area (TPSA) is 139 Å². The van der Waals surface area contributed by atoms with E-state index in [-0.39, 0.29) is 29.6 Å². The van der Waals surface area contributed by atoms with E-state index in [1.165, 1.54) is 12.1 Å². The van der Waals surface area contributed by atoms with Crippen molar-refractivity contribution in [1.82, 2.24) is 10.2 Å². The van der Waals surface area contributed by atoms with Gasteiger partial charge in [-0.25, -0.2) is 8.42 Å². The molecule has 1 amide bonds. The first-order chi connectivity index (χ1) is 18.8. The number of anilines is 1. The number of hydrogen-bond donors (Lipinski definition) is 5. The molecule has 3 aromatic carbocycles. The van der Waals surface area contributed by atoms with Gasteiger partial charge in [0.05, 0.1) is 24.5 Å². The summed E-state index contributed by atoms with van der Waals surface area (Å²) in [7, 11) is -3.58. The standard InChI is InChI=1S/C30H37N3O6S/c1-30(2,31-18-28(36)23-8-10-27(35)26(16-23)32-40(3,38)39)17-21-6-4-5-20(13-21)14-29(37)33-12-11-22-15-25(34)9-7-24(22)19-33/h4-10,13,15-16,28,31-32,34-36H,11-12,14,17-19H2,1-3H3/t28-/m0/s1. The van der Waals surface area contributed by atoms with Crippen molar-refractivity contribution in [2.45, 2.75) is 51.3 Å². The van der Waals surface area contributed by atoms with Gasteiger partial charge in [0.1, 0.15) is 11.5 Å². The lowest BCUT2D eigenvalue weighted by atomic mass is 9.93. The predicted molar refractivity (Wildman–Crippen MR) is 155 cm³/mol. The fraction of sp³-hybridized carbons (Fsp3) is 0.367. The maximum Gasteiger partial charge on any atom is 0.229 e. The summed E-state index contributed by atoms with van der Waals surface area (Å²) in [5.41, 5.74) is 4.23. The zero-order valence-corrected chi connectivity index (χ0v) is 23.8. The normalized spacial score (nSPS) is 14.4. The second kappa shape index (κ2) is 11.9. The third-order valence-corrected chi connectivity index (χ3v) is 7.61. The Balaban J connectivity index is 1.34. The average molecular weight is 568 g/mol. The average Bonchev–Trinajstić information content (AvgIpc) is 2.87. The van der Waals surface area contributed by atoms with Crippen molar-refractivity contribution in [1.29, 1.82) is 0 Å². The number of sulfonamides is 1. The molecule has 214 valence electrons. The van der Waals surface area contributed by atoms with E-state index in [0.717, 1.165) is 34.9 Å². The third kappa shape index (κ3) is 7.97. The summed E-state index contributed by atoms with van der Waals surface area (Å²) < 4.78 is 25.4. The summed E-state index contributed by atoms with van der Waals surface area (Å²) in [5, 5.41) is 33.7. The molecular formula is C30H37N3O6S. The number of aliphatic hydroxyl groups excluding tert-OH is 1. The molecule has 1 atom stereocenters. The molecule has 5 N–H and O–H groups in total. The minimum Gasteiger partial charge on any atom is -0.508 e. The summed E-state index contributed by atoms with van der Waals surface area (Å²) in [6.07, 6.45) is 1.74. The van der Waals surface area contributed by atoms with Crippen molar-refractivity contribution >= 4 is 21.6 Å². The highest BCUT2D eigenvalue weighted by Gasteiger charge is 2.23. The molecule has 1 heterocycles. The molecule has 1 aliphatic rings. The van der Waals surface area contributed by atoms with Gasteiger partial charge < -0.3 is 25.5 Å². The van der Waals surface area contributed by atoms with E-state index in [1.54, 1.807) is 18.2 Å². The molecule has 0 spiro atoms. The maximum atomic E-state index is 13.1. The smallest absolute Gasteiger partial charge is 0.229 e. The zero-order chi connectivity index (χ0) is 29.1. The minimum atomic E-state index is -3.58. The number of benzene rings is 3. The van der Waals surface area contributed by atoms with Gasteiger partial charge in [0.15, 0.2) is 0 Å². The number of amides is 1. The number of β-amino-alcohol motifs (C(OH)–C–C–N with tert-alkyl or cyclic N) is 1. The van der Waals surface area contributed by atoms with Gasteiger partial charge in [0, 0.05) is 25.2 Å². The minimum absolute atomic E-state index is 0.0118. The summed E-state index contributed by atoms with van der Waals surface area (Å²) in [4.78, 5) is 14.9. The lowest BCUT2D eigenvalue weighted by molar-refractivity contribution is -0.131. The summed E-state index contributed by atoms with van der Waals surface area (Å²) in [6, 6.07) is 17.6. The van der Waals surface area contributed by atoms with Crippen LogP contribution in [0.4, 0.5) is 5.69 Å². The summed E-state index contributed by atoms with van der Waals surface area (Å²) in [6.45, 7) is 5.42. The van der Waals surface area contributed by atoms with E-state index >= 15 is 0 Å². The lowest BCUT2D eigenvalue weighted by Crippen LogP contribution is -2.43. The van der Waals surface area contributed by atoms with Gasteiger partial charge in [-0.2, -0.15) is 0 Å². The van der Waals surface area contributed by atoms with Crippen molar-refractivity contribution in [2.75, 3.05) is 24.1 Å². The van der Waals surface area contributed by atoms with E-state index in [2.05, 4.69) is 10.0 Å². The van der Waals surface area contributed by atoms with Crippen LogP contribution in [0.3, 0.4) is 0 Å². The van der Waals surface area contributed by atoms with Crippen LogP contribution in [0, 0.1) is 0 Å². The first kappa shape index (κ1) is 29.4. The van der Waals surface area contributed by atoms with Crippen LogP contribution in [0.1, 0.15) is 47.8 Å². The second-order valence-electron chi connectivity index (χ2n) is 11.1. The van der Waals surface area contributed by atoms with Gasteiger partial charge in [-0.1, -0.05) is 36.4 Å². The van der Waals surface area contributed by atoms with Crippen molar-refractivity contribution < 1.29 is 28.5 Å². The number of rotatable bonds is 10. The fourth-order valence-electron chi connectivity index (χ4n) is 4.99. The van der Waals surface area contributed by atoms with E-state index < -0.39 is 21.7 Å². The highest BCUT2D eigenvalue weighted by atomic mass is 32.2. The monoisotopic (exact) mass is 567 g/mol. The Morgan fingerprint density at radius 1 is 1.02 bits per heavy atom. The van der Waals surface area contributed by atoms with Crippen molar-refractivity contribution in [3.05, 3.63) is 88.5 Å². The van der Waals surface area contributed by atoms with Crippen LogP contribution < -0.4 is 10.0 Å². The van der Waals surface area contributed by atoms with Crippen LogP contribution in [0.25, 0.3) is 0 Å². The molecule has 4 rings (SSSR count). The van der Waals surface area contributed by atoms with Gasteiger partial charge in [-0.15, -0.1) is 0 Å². The highest BCUT2D eigenvalue weighted by molar-refractivity contribution is 7.92. The summed E-state index contributed by atoms with van der Waals surface area (Å²) >= 11 is 0. The number of nitrogens with zero attached hydrogens (tertiary/aromatic N) is 1. The number of carbonyl (C=O) groups is 1. The fourth-order valence-corrected chi connectivity index (χ4v) is 5.56. The van der Waals surface area contributed by atoms with Crippen LogP contribution in [0.5, 0.6) is 11.5 Å². The third-order valence-electron chi connectivity index (χ3n) is 7.02. The maximum absolute atomic E-state index is 13.1. The van der Waals surface area contributed by atoms with Crippen LogP contribution >= 0.6 is 0 Å². The first-order valence-electron chi connectivity index (χ1n) is 13.2. The molecule has 0 saturated heterocycles. The van der Waals surface area contributed by atoms with Crippen LogP contribution in [-0.4, -0.2) is 59.4 Å². The molecule has 0 radical (unpaired) electrons. The molecule has 9 nitrogen and oxygen atoms in total. The van der Waals surface area contributed by atoms with E-state index in [4.69, 9.17) is 0 Å². The number of aromatic hydroxyl groups is 2. The number of phenolic OH excluding ortho intramolecular Hbond substituents is 2. The molecule has 0 aromatic heterocycles. The number of carbonyl (C=O) groups excluding carboxylic acids is 1. The molecule has 0 saturated carbocycles. The van der Waals surface area contributed by atoms with Crippen LogP contribution in [-0.2, 0) is 40.6 Å². The lowest BCUT2D eigenvalue weighted by Gasteiger charge is -2.29. The van der Waals surface area contributed by atoms with Gasteiger partial charge in [0.25, 0.3) is 0 Å². The number of phenols is 2. The van der Waals surface area contributed by atoms with Gasteiger partial charge in [-0.3, -0.25) is 9.52 Å². The molecule has 1 aliphatic heterocycles. The Morgan fingerprint density at radius 3 is 2.52 bits per heavy atom. The van der Waals surface area contributed by atoms with Crippen molar-refractivity contribution in [2.24, 2.45) is 0 Å². The SMILES string of the molecule is CC(C)(Cc1cccc(CC(=O)N2CCc3cc(O)ccc3C2)c1)NC[C@H](O)c1ccc(O)c(NS(C)(=O)=O)c1. The quantitative estimate of drug-likeness (QED) is 0.237. The molecule has 0 aliphatic carbocycles. The summed E-state index contributed by atoms with van der Waals surface area (Å²) in [5.74, 6) is 0.0899. The highest BCUT2D eigenvalue weighted by Crippen LogP contribution is 2.28. The van der Waals surface area contributed by atoms with Crippen LogP contribution in [0.2, 0.25) is 0 Å². The van der Waals surface area contributed by atoms with Gasteiger partial charge >= 0.3 is 0 Å². The largest absolute Gasteiger partial charge is 0.508 e.